The molecule has 5 heteroatoms. The van der Waals surface area contributed by atoms with Crippen LogP contribution in [0.1, 0.15) is 74.7 Å². The average Bonchev–Trinajstić information content (AvgIpc) is 2.55. The van der Waals surface area contributed by atoms with Crippen LogP contribution >= 0.6 is 0 Å². The molecule has 0 aromatic carbocycles. The topological polar surface area (TPSA) is 66.8 Å². The van der Waals surface area contributed by atoms with Crippen LogP contribution in [-0.2, 0) is 9.53 Å². The Balaban J connectivity index is 0. The molecule has 0 aliphatic carbocycles. The Morgan fingerprint density at radius 2 is 1.80 bits per heavy atom. The number of allylic oxidation sites excluding steroid dienone is 1. The summed E-state index contributed by atoms with van der Waals surface area (Å²) in [6.45, 7) is 19.2. The van der Waals surface area contributed by atoms with Gasteiger partial charge in [-0.15, -0.1) is 6.58 Å². The van der Waals surface area contributed by atoms with Crippen molar-refractivity contribution in [2.75, 3.05) is 6.54 Å². The normalized spacial score (nSPS) is 16.8. The van der Waals surface area contributed by atoms with E-state index in [1.165, 1.54) is 4.90 Å². The second kappa shape index (κ2) is 12.6. The Labute approximate surface area is 153 Å². The molecule has 0 radical (unpaired) electrons. The molecule has 0 spiro atoms. The fourth-order valence-corrected chi connectivity index (χ4v) is 2.30. The number of nitrogens with zero attached hydrogens (tertiary/aromatic N) is 1. The number of carboxylic acids is 1. The van der Waals surface area contributed by atoms with Gasteiger partial charge < -0.3 is 9.84 Å². The Bertz CT molecular complexity index is 461. The minimum absolute atomic E-state index is 0.311. The molecule has 1 aliphatic heterocycles. The van der Waals surface area contributed by atoms with Crippen LogP contribution in [0.5, 0.6) is 0 Å². The molecular weight excluding hydrogens is 318 g/mol. The van der Waals surface area contributed by atoms with Gasteiger partial charge in [0.15, 0.2) is 0 Å². The monoisotopic (exact) mass is 355 g/mol. The molecule has 1 atom stereocenters. The molecule has 1 unspecified atom stereocenters. The zero-order valence-electron chi connectivity index (χ0n) is 17.3. The maximum atomic E-state index is 12.3. The molecule has 1 rings (SSSR count). The van der Waals surface area contributed by atoms with Crippen LogP contribution in [0.4, 0.5) is 4.79 Å². The Hall–Kier alpha value is -1.78. The van der Waals surface area contributed by atoms with Gasteiger partial charge in [0.2, 0.25) is 0 Å². The molecule has 0 saturated heterocycles. The zero-order chi connectivity index (χ0) is 20.2. The van der Waals surface area contributed by atoms with Crippen LogP contribution in [0.15, 0.2) is 23.8 Å². The Kier molecular flexibility index (Phi) is 12.8. The van der Waals surface area contributed by atoms with E-state index in [0.29, 0.717) is 13.0 Å². The molecular formula is C20H37NO4. The minimum Gasteiger partial charge on any atom is -0.480 e. The minimum atomic E-state index is -0.997. The van der Waals surface area contributed by atoms with Crippen molar-refractivity contribution in [1.82, 2.24) is 4.90 Å². The average molecular weight is 356 g/mol. The lowest BCUT2D eigenvalue weighted by molar-refractivity contribution is -0.143. The highest BCUT2D eigenvalue weighted by Gasteiger charge is 2.36. The van der Waals surface area contributed by atoms with Crippen molar-refractivity contribution >= 4 is 12.1 Å². The van der Waals surface area contributed by atoms with Crippen molar-refractivity contribution in [3.8, 4) is 0 Å². The third-order valence-corrected chi connectivity index (χ3v) is 3.40. The van der Waals surface area contributed by atoms with E-state index in [0.717, 1.165) is 24.0 Å². The van der Waals surface area contributed by atoms with Gasteiger partial charge in [-0.3, -0.25) is 4.90 Å². The van der Waals surface area contributed by atoms with Gasteiger partial charge in [-0.05, 0) is 47.0 Å². The van der Waals surface area contributed by atoms with E-state index in [1.54, 1.807) is 20.8 Å². The lowest BCUT2D eigenvalue weighted by atomic mass is 9.93. The summed E-state index contributed by atoms with van der Waals surface area (Å²) < 4.78 is 5.33. The van der Waals surface area contributed by atoms with Crippen LogP contribution < -0.4 is 0 Å². The summed E-state index contributed by atoms with van der Waals surface area (Å²) in [6.07, 6.45) is 3.20. The summed E-state index contributed by atoms with van der Waals surface area (Å²) in [4.78, 5) is 25.0. The van der Waals surface area contributed by atoms with Crippen molar-refractivity contribution < 1.29 is 19.4 Å². The zero-order valence-corrected chi connectivity index (χ0v) is 17.3. The SMILES string of the molecule is C=CCCC1=C(C)CC(C(=O)O)N(C(=O)OC(C)(C)C)C1.CC.CC. The van der Waals surface area contributed by atoms with E-state index in [4.69, 9.17) is 4.74 Å². The molecule has 0 saturated carbocycles. The highest BCUT2D eigenvalue weighted by molar-refractivity contribution is 5.81. The Morgan fingerprint density at radius 3 is 2.20 bits per heavy atom. The summed E-state index contributed by atoms with van der Waals surface area (Å²) in [5.74, 6) is -0.997. The van der Waals surface area contributed by atoms with Gasteiger partial charge in [0.1, 0.15) is 11.6 Å². The first-order chi connectivity index (χ1) is 11.7. The molecule has 1 amide bonds. The molecule has 0 bridgehead atoms. The van der Waals surface area contributed by atoms with Gasteiger partial charge in [0.25, 0.3) is 0 Å². The van der Waals surface area contributed by atoms with Crippen LogP contribution in [0.2, 0.25) is 0 Å². The maximum absolute atomic E-state index is 12.3. The predicted octanol–water partition coefficient (Wildman–Crippen LogP) is 5.42. The molecule has 1 heterocycles. The first-order valence-electron chi connectivity index (χ1n) is 9.16. The third kappa shape index (κ3) is 9.32. The number of hydrogen-bond donors (Lipinski definition) is 1. The van der Waals surface area contributed by atoms with Crippen molar-refractivity contribution in [2.24, 2.45) is 0 Å². The second-order valence-corrected chi connectivity index (χ2v) is 6.38. The lowest BCUT2D eigenvalue weighted by Crippen LogP contribution is -2.50. The van der Waals surface area contributed by atoms with E-state index >= 15 is 0 Å². The predicted molar refractivity (Wildman–Crippen MR) is 104 cm³/mol. The summed E-state index contributed by atoms with van der Waals surface area (Å²) >= 11 is 0. The Morgan fingerprint density at radius 1 is 1.28 bits per heavy atom. The van der Waals surface area contributed by atoms with Crippen LogP contribution in [0.3, 0.4) is 0 Å². The standard InChI is InChI=1S/C16H25NO4.2C2H6/c1-6-7-8-12-10-17(15(20)21-16(3,4)5)13(14(18)19)9-11(12)2;2*1-2/h6,13H,1,7-10H2,2-5H3,(H,18,19);2*1-2H3. The van der Waals surface area contributed by atoms with Crippen molar-refractivity contribution in [2.45, 2.75) is 86.3 Å². The number of ether oxygens (including phenoxy) is 1. The number of hydrogen-bond acceptors (Lipinski definition) is 3. The number of amides is 1. The highest BCUT2D eigenvalue weighted by atomic mass is 16.6. The van der Waals surface area contributed by atoms with Crippen LogP contribution in [-0.4, -0.2) is 40.3 Å². The summed E-state index contributed by atoms with van der Waals surface area (Å²) in [5, 5.41) is 9.35. The second-order valence-electron chi connectivity index (χ2n) is 6.38. The molecule has 146 valence electrons. The lowest BCUT2D eigenvalue weighted by Gasteiger charge is -2.36. The number of aliphatic carboxylic acids is 1. The number of carboxylic acid groups (broad SMARTS) is 1. The van der Waals surface area contributed by atoms with Crippen LogP contribution in [0, 0.1) is 0 Å². The van der Waals surface area contributed by atoms with Gasteiger partial charge in [-0.25, -0.2) is 9.59 Å². The van der Waals surface area contributed by atoms with E-state index in [2.05, 4.69) is 6.58 Å². The number of carbonyl (C=O) groups is 2. The van der Waals surface area contributed by atoms with Gasteiger partial charge >= 0.3 is 12.1 Å². The quantitative estimate of drug-likeness (QED) is 0.684. The van der Waals surface area contributed by atoms with Gasteiger partial charge in [-0.1, -0.05) is 44.9 Å². The van der Waals surface area contributed by atoms with Gasteiger partial charge in [0.05, 0.1) is 0 Å². The van der Waals surface area contributed by atoms with Crippen molar-refractivity contribution in [1.29, 1.82) is 0 Å². The smallest absolute Gasteiger partial charge is 0.411 e. The van der Waals surface area contributed by atoms with E-state index in [1.807, 2.05) is 40.7 Å². The van der Waals surface area contributed by atoms with E-state index in [-0.39, 0.29) is 0 Å². The molecule has 0 aromatic rings. The number of rotatable bonds is 4. The van der Waals surface area contributed by atoms with Crippen molar-refractivity contribution in [3.05, 3.63) is 23.8 Å². The molecule has 0 fully saturated rings. The molecule has 1 N–H and O–H groups in total. The summed E-state index contributed by atoms with van der Waals surface area (Å²) in [6, 6.07) is -0.854. The summed E-state index contributed by atoms with van der Waals surface area (Å²) in [5.41, 5.74) is 1.50. The first-order valence-corrected chi connectivity index (χ1v) is 9.16. The first kappa shape index (κ1) is 25.5. The molecule has 1 aliphatic rings. The highest BCUT2D eigenvalue weighted by Crippen LogP contribution is 2.27. The number of carbonyl (C=O) groups excluding carboxylic acids is 1. The fourth-order valence-electron chi connectivity index (χ4n) is 2.30. The van der Waals surface area contributed by atoms with E-state index in [9.17, 15) is 14.7 Å². The fraction of sp³-hybridized carbons (Fsp3) is 0.700. The maximum Gasteiger partial charge on any atom is 0.411 e. The molecule has 25 heavy (non-hydrogen) atoms. The van der Waals surface area contributed by atoms with Crippen molar-refractivity contribution in [3.63, 3.8) is 0 Å². The largest absolute Gasteiger partial charge is 0.480 e. The van der Waals surface area contributed by atoms with Gasteiger partial charge in [0, 0.05) is 6.54 Å². The van der Waals surface area contributed by atoms with Gasteiger partial charge in [-0.2, -0.15) is 0 Å². The van der Waals surface area contributed by atoms with Crippen LogP contribution in [0.25, 0.3) is 0 Å². The summed E-state index contributed by atoms with van der Waals surface area (Å²) in [7, 11) is 0. The third-order valence-electron chi connectivity index (χ3n) is 3.40. The molecule has 0 aromatic heterocycles. The molecule has 5 nitrogen and oxygen atoms in total. The van der Waals surface area contributed by atoms with E-state index < -0.39 is 23.7 Å².